The second-order valence-electron chi connectivity index (χ2n) is 2.30. The van der Waals surface area contributed by atoms with Gasteiger partial charge in [0.2, 0.25) is 0 Å². The molecule has 1 rings (SSSR count). The molecule has 0 aromatic carbocycles. The summed E-state index contributed by atoms with van der Waals surface area (Å²) in [5.74, 6) is 0.302. The van der Waals surface area contributed by atoms with Gasteiger partial charge in [0.15, 0.2) is 0 Å². The van der Waals surface area contributed by atoms with Gasteiger partial charge >= 0.3 is 0 Å². The van der Waals surface area contributed by atoms with Crippen molar-refractivity contribution in [3.05, 3.63) is 11.3 Å². The minimum atomic E-state index is 0.302. The topological polar surface area (TPSA) is 37.3 Å². The Hall–Kier alpha value is -0.790. The van der Waals surface area contributed by atoms with Gasteiger partial charge in [-0.25, -0.2) is 0 Å². The van der Waals surface area contributed by atoms with Gasteiger partial charge in [-0.2, -0.15) is 0 Å². The van der Waals surface area contributed by atoms with Gasteiger partial charge in [0.1, 0.15) is 6.29 Å². The maximum absolute atomic E-state index is 10.2. The van der Waals surface area contributed by atoms with Crippen LogP contribution in [-0.2, 0) is 4.79 Å². The van der Waals surface area contributed by atoms with Crippen molar-refractivity contribution >= 4 is 6.29 Å². The average molecular weight is 126 g/mol. The second-order valence-corrected chi connectivity index (χ2v) is 2.30. The van der Waals surface area contributed by atoms with Crippen LogP contribution in [0.2, 0.25) is 0 Å². The SMILES string of the molecule is O=CC1=C(O)CCCC1. The van der Waals surface area contributed by atoms with E-state index in [9.17, 15) is 4.79 Å². The van der Waals surface area contributed by atoms with Crippen molar-refractivity contribution in [1.82, 2.24) is 0 Å². The molecule has 0 atom stereocenters. The van der Waals surface area contributed by atoms with E-state index in [4.69, 9.17) is 5.11 Å². The Labute approximate surface area is 54.2 Å². The molecule has 1 N–H and O–H groups in total. The standard InChI is InChI=1S/C7H10O2/c8-5-6-3-1-2-4-7(6)9/h5,9H,1-4H2. The number of aldehydes is 1. The maximum Gasteiger partial charge on any atom is 0.149 e. The zero-order chi connectivity index (χ0) is 6.69. The summed E-state index contributed by atoms with van der Waals surface area (Å²) in [7, 11) is 0. The summed E-state index contributed by atoms with van der Waals surface area (Å²) < 4.78 is 0. The normalized spacial score (nSPS) is 20.0. The van der Waals surface area contributed by atoms with Crippen molar-refractivity contribution in [2.45, 2.75) is 25.7 Å². The number of aliphatic hydroxyl groups is 1. The van der Waals surface area contributed by atoms with E-state index in [0.29, 0.717) is 17.8 Å². The lowest BCUT2D eigenvalue weighted by Gasteiger charge is -2.09. The van der Waals surface area contributed by atoms with Crippen LogP contribution in [0.25, 0.3) is 0 Å². The molecule has 0 radical (unpaired) electrons. The summed E-state index contributed by atoms with van der Waals surface area (Å²) in [5.41, 5.74) is 0.598. The van der Waals surface area contributed by atoms with Crippen LogP contribution in [0.1, 0.15) is 25.7 Å². The minimum Gasteiger partial charge on any atom is -0.512 e. The third-order valence-electron chi connectivity index (χ3n) is 1.62. The summed E-state index contributed by atoms with van der Waals surface area (Å²) in [4.78, 5) is 10.2. The Morgan fingerprint density at radius 2 is 2.00 bits per heavy atom. The Balaban J connectivity index is 2.70. The molecule has 2 nitrogen and oxygen atoms in total. The fourth-order valence-electron chi connectivity index (χ4n) is 1.04. The van der Waals surface area contributed by atoms with E-state index in [-0.39, 0.29) is 0 Å². The number of aliphatic hydroxyl groups excluding tert-OH is 1. The van der Waals surface area contributed by atoms with Gasteiger partial charge in [0.05, 0.1) is 5.76 Å². The van der Waals surface area contributed by atoms with E-state index in [0.717, 1.165) is 25.5 Å². The molecule has 9 heavy (non-hydrogen) atoms. The molecule has 0 saturated heterocycles. The molecule has 0 unspecified atom stereocenters. The molecule has 0 fully saturated rings. The molecule has 0 spiro atoms. The summed E-state index contributed by atoms with van der Waals surface area (Å²) in [6.07, 6.45) is 4.26. The van der Waals surface area contributed by atoms with Gasteiger partial charge in [-0.1, -0.05) is 0 Å². The van der Waals surface area contributed by atoms with E-state index in [1.807, 2.05) is 0 Å². The molecule has 50 valence electrons. The maximum atomic E-state index is 10.2. The predicted molar refractivity (Wildman–Crippen MR) is 34.2 cm³/mol. The van der Waals surface area contributed by atoms with Crippen LogP contribution >= 0.6 is 0 Å². The van der Waals surface area contributed by atoms with Crippen LogP contribution in [0.15, 0.2) is 11.3 Å². The van der Waals surface area contributed by atoms with E-state index >= 15 is 0 Å². The molecular weight excluding hydrogens is 116 g/mol. The van der Waals surface area contributed by atoms with Crippen LogP contribution < -0.4 is 0 Å². The minimum absolute atomic E-state index is 0.302. The number of rotatable bonds is 1. The summed E-state index contributed by atoms with van der Waals surface area (Å²) in [6, 6.07) is 0. The number of allylic oxidation sites excluding steroid dienone is 2. The molecular formula is C7H10O2. The van der Waals surface area contributed by atoms with Gasteiger partial charge in [-0.3, -0.25) is 4.79 Å². The largest absolute Gasteiger partial charge is 0.512 e. The Morgan fingerprint density at radius 1 is 1.33 bits per heavy atom. The van der Waals surface area contributed by atoms with Crippen molar-refractivity contribution in [2.75, 3.05) is 0 Å². The second kappa shape index (κ2) is 2.67. The number of hydrogen-bond donors (Lipinski definition) is 1. The van der Waals surface area contributed by atoms with Gasteiger partial charge in [0.25, 0.3) is 0 Å². The lowest BCUT2D eigenvalue weighted by molar-refractivity contribution is -0.105. The van der Waals surface area contributed by atoms with Crippen molar-refractivity contribution in [2.24, 2.45) is 0 Å². The fourth-order valence-corrected chi connectivity index (χ4v) is 1.04. The Bertz CT molecular complexity index is 147. The summed E-state index contributed by atoms with van der Waals surface area (Å²) in [6.45, 7) is 0. The molecule has 1 aliphatic rings. The third-order valence-corrected chi connectivity index (χ3v) is 1.62. The van der Waals surface area contributed by atoms with Crippen LogP contribution in [-0.4, -0.2) is 11.4 Å². The van der Waals surface area contributed by atoms with Crippen molar-refractivity contribution in [1.29, 1.82) is 0 Å². The van der Waals surface area contributed by atoms with E-state index in [1.54, 1.807) is 0 Å². The fraction of sp³-hybridized carbons (Fsp3) is 0.571. The molecule has 0 aromatic rings. The first kappa shape index (κ1) is 6.33. The van der Waals surface area contributed by atoms with Crippen LogP contribution in [0.3, 0.4) is 0 Å². The van der Waals surface area contributed by atoms with E-state index < -0.39 is 0 Å². The van der Waals surface area contributed by atoms with Crippen LogP contribution in [0, 0.1) is 0 Å². The van der Waals surface area contributed by atoms with Gasteiger partial charge in [-0.05, 0) is 19.3 Å². The molecule has 0 amide bonds. The third kappa shape index (κ3) is 1.31. The first-order valence-corrected chi connectivity index (χ1v) is 3.21. The van der Waals surface area contributed by atoms with Gasteiger partial charge in [0, 0.05) is 12.0 Å². The van der Waals surface area contributed by atoms with Crippen molar-refractivity contribution in [3.8, 4) is 0 Å². The molecule has 0 aliphatic heterocycles. The molecule has 2 heteroatoms. The zero-order valence-electron chi connectivity index (χ0n) is 5.26. The molecule has 0 heterocycles. The summed E-state index contributed by atoms with van der Waals surface area (Å²) >= 11 is 0. The quantitative estimate of drug-likeness (QED) is 0.541. The highest BCUT2D eigenvalue weighted by Gasteiger charge is 2.09. The van der Waals surface area contributed by atoms with Gasteiger partial charge in [-0.15, -0.1) is 0 Å². The van der Waals surface area contributed by atoms with Crippen LogP contribution in [0.5, 0.6) is 0 Å². The average Bonchev–Trinajstić information content (AvgIpc) is 1.89. The van der Waals surface area contributed by atoms with E-state index in [2.05, 4.69) is 0 Å². The number of hydrogen-bond acceptors (Lipinski definition) is 2. The molecule has 0 aromatic heterocycles. The number of carbonyl (C=O) groups excluding carboxylic acids is 1. The van der Waals surface area contributed by atoms with E-state index in [1.165, 1.54) is 0 Å². The van der Waals surface area contributed by atoms with Gasteiger partial charge < -0.3 is 5.11 Å². The van der Waals surface area contributed by atoms with Crippen molar-refractivity contribution < 1.29 is 9.90 Å². The first-order valence-electron chi connectivity index (χ1n) is 3.21. The molecule has 0 saturated carbocycles. The van der Waals surface area contributed by atoms with Crippen LogP contribution in [0.4, 0.5) is 0 Å². The smallest absolute Gasteiger partial charge is 0.149 e. The highest BCUT2D eigenvalue weighted by molar-refractivity contribution is 5.74. The Morgan fingerprint density at radius 3 is 2.44 bits per heavy atom. The highest BCUT2D eigenvalue weighted by Crippen LogP contribution is 2.20. The lowest BCUT2D eigenvalue weighted by Crippen LogP contribution is -1.99. The van der Waals surface area contributed by atoms with Crippen molar-refractivity contribution in [3.63, 3.8) is 0 Å². The molecule has 1 aliphatic carbocycles. The Kier molecular flexibility index (Phi) is 1.88. The zero-order valence-corrected chi connectivity index (χ0v) is 5.26. The number of carbonyl (C=O) groups is 1. The highest BCUT2D eigenvalue weighted by atomic mass is 16.3. The lowest BCUT2D eigenvalue weighted by atomic mass is 9.99. The monoisotopic (exact) mass is 126 g/mol. The molecule has 0 bridgehead atoms. The first-order chi connectivity index (χ1) is 4.34. The predicted octanol–water partition coefficient (Wildman–Crippen LogP) is 1.57. The summed E-state index contributed by atoms with van der Waals surface area (Å²) in [5, 5.41) is 9.02.